The molecule has 4 aromatic rings. The number of hydrogen-bond donors (Lipinski definition) is 2. The van der Waals surface area contributed by atoms with Crippen molar-refractivity contribution in [2.75, 3.05) is 12.3 Å². The van der Waals surface area contributed by atoms with Gasteiger partial charge in [-0.3, -0.25) is 0 Å². The predicted octanol–water partition coefficient (Wildman–Crippen LogP) is 1.67. The van der Waals surface area contributed by atoms with E-state index in [0.717, 1.165) is 18.7 Å². The van der Waals surface area contributed by atoms with Gasteiger partial charge in [-0.25, -0.2) is 0 Å². The zero-order valence-corrected chi connectivity index (χ0v) is 17.2. The molecule has 0 spiro atoms. The molecule has 136 valence electrons. The molecule has 0 saturated carbocycles. The number of hydrogen-bond acceptors (Lipinski definition) is 5. The van der Waals surface area contributed by atoms with Crippen LogP contribution in [-0.4, -0.2) is 41.2 Å². The third-order valence-corrected chi connectivity index (χ3v) is 10.5. The third-order valence-electron chi connectivity index (χ3n) is 4.36. The molecule has 2 aromatic heterocycles. The molecule has 0 atom stereocenters. The average molecular weight is 441 g/mol. The van der Waals surface area contributed by atoms with Crippen LogP contribution in [0.15, 0.2) is 73.3 Å². The zero-order valence-electron chi connectivity index (χ0n) is 14.6. The zero-order chi connectivity index (χ0) is 18.7. The molecule has 3 N–H and O–H groups in total. The summed E-state index contributed by atoms with van der Waals surface area (Å²) in [4.78, 5) is 12.6. The first-order chi connectivity index (χ1) is 13.2. The molecule has 0 unspecified atom stereocenters. The van der Waals surface area contributed by atoms with Crippen molar-refractivity contribution in [2.45, 2.75) is 6.54 Å². The number of imidazole rings is 1. The molecule has 2 aromatic carbocycles. The summed E-state index contributed by atoms with van der Waals surface area (Å²) in [5, 5.41) is 6.33. The van der Waals surface area contributed by atoms with Crippen LogP contribution in [0.5, 0.6) is 0 Å². The summed E-state index contributed by atoms with van der Waals surface area (Å²) < 4.78 is 2.00. The summed E-state index contributed by atoms with van der Waals surface area (Å²) in [5.74, 6) is 0.408. The number of nitrogens with zero attached hydrogens (tertiary/aromatic N) is 4. The molecule has 0 aliphatic heterocycles. The van der Waals surface area contributed by atoms with Gasteiger partial charge < -0.3 is 0 Å². The standard InChI is InChI=1S/C19H19N6PSe/c20-18-17-19(22-13-21-18)25(14-23-17)12-11-24-26(27,15-7-3-1-4-8-15)16-9-5-2-6-10-16/h1-10,13-14H,11-12H2,(H,24,27)(H2,20,21,22). The average Bonchev–Trinajstić information content (AvgIpc) is 3.14. The van der Waals surface area contributed by atoms with E-state index in [-0.39, 0.29) is 0 Å². The van der Waals surface area contributed by atoms with Crippen molar-refractivity contribution in [2.24, 2.45) is 0 Å². The Hall–Kier alpha value is -2.30. The first-order valence-electron chi connectivity index (χ1n) is 8.56. The van der Waals surface area contributed by atoms with Crippen LogP contribution in [0, 0.1) is 0 Å². The van der Waals surface area contributed by atoms with Crippen LogP contribution >= 0.6 is 5.66 Å². The number of anilines is 1. The van der Waals surface area contributed by atoms with E-state index in [0.29, 0.717) is 11.3 Å². The van der Waals surface area contributed by atoms with Gasteiger partial charge in [-0.05, 0) is 0 Å². The van der Waals surface area contributed by atoms with Gasteiger partial charge in [0.15, 0.2) is 0 Å². The Labute approximate surface area is 165 Å². The van der Waals surface area contributed by atoms with Crippen molar-refractivity contribution >= 4 is 48.3 Å². The predicted molar refractivity (Wildman–Crippen MR) is 113 cm³/mol. The van der Waals surface area contributed by atoms with Crippen LogP contribution in [0.1, 0.15) is 0 Å². The van der Waals surface area contributed by atoms with Gasteiger partial charge in [0.1, 0.15) is 0 Å². The van der Waals surface area contributed by atoms with Crippen LogP contribution in [0.3, 0.4) is 0 Å². The fraction of sp³-hybridized carbons (Fsp3) is 0.105. The second-order valence-corrected chi connectivity index (χ2v) is 12.1. The Kier molecular flexibility index (Phi) is 5.19. The second-order valence-electron chi connectivity index (χ2n) is 6.06. The van der Waals surface area contributed by atoms with Crippen LogP contribution < -0.4 is 21.4 Å². The Bertz CT molecular complexity index is 1050. The van der Waals surface area contributed by atoms with E-state index in [1.807, 2.05) is 16.7 Å². The van der Waals surface area contributed by atoms with E-state index in [1.165, 1.54) is 16.9 Å². The molecule has 0 aliphatic rings. The Morgan fingerprint density at radius 1 is 0.926 bits per heavy atom. The number of nitrogen functional groups attached to an aromatic ring is 1. The number of rotatable bonds is 6. The van der Waals surface area contributed by atoms with E-state index < -0.39 is 5.66 Å². The third kappa shape index (κ3) is 3.60. The molecule has 0 fully saturated rings. The number of fused-ring (bicyclic) bond motifs is 1. The molecule has 0 amide bonds. The molecule has 0 saturated heterocycles. The SMILES string of the molecule is Nc1ncnc2c1ncn2CCNP(=[Se])(c1ccccc1)c1ccccc1. The fourth-order valence-electron chi connectivity index (χ4n) is 3.00. The Morgan fingerprint density at radius 3 is 2.19 bits per heavy atom. The Balaban J connectivity index is 1.60. The Morgan fingerprint density at radius 2 is 1.56 bits per heavy atom. The molecular formula is C19H19N6PSe. The van der Waals surface area contributed by atoms with E-state index >= 15 is 0 Å². The summed E-state index contributed by atoms with van der Waals surface area (Å²) in [5.41, 5.74) is 5.45. The number of nitrogens with two attached hydrogens (primary N) is 1. The van der Waals surface area contributed by atoms with Gasteiger partial charge in [-0.1, -0.05) is 0 Å². The van der Waals surface area contributed by atoms with Gasteiger partial charge >= 0.3 is 165 Å². The summed E-state index contributed by atoms with van der Waals surface area (Å²) in [6.45, 7) is 1.50. The number of benzene rings is 2. The van der Waals surface area contributed by atoms with Crippen LogP contribution in [-0.2, 0) is 6.54 Å². The fourth-order valence-corrected chi connectivity index (χ4v) is 7.37. The molecule has 0 bridgehead atoms. The normalized spacial score (nSPS) is 11.7. The van der Waals surface area contributed by atoms with E-state index in [2.05, 4.69) is 83.7 Å². The summed E-state index contributed by atoms with van der Waals surface area (Å²) in [6, 6.07) is 21.1. The molecule has 8 heteroatoms. The van der Waals surface area contributed by atoms with Crippen molar-refractivity contribution in [1.29, 1.82) is 0 Å². The maximum absolute atomic E-state index is 5.88. The summed E-state index contributed by atoms with van der Waals surface area (Å²) in [7, 11) is 0. The quantitative estimate of drug-likeness (QED) is 0.352. The number of aromatic nitrogens is 4. The van der Waals surface area contributed by atoms with Crippen LogP contribution in [0.2, 0.25) is 0 Å². The van der Waals surface area contributed by atoms with Crippen LogP contribution in [0.25, 0.3) is 11.2 Å². The molecule has 4 rings (SSSR count). The van der Waals surface area contributed by atoms with Crippen molar-refractivity contribution in [3.8, 4) is 0 Å². The van der Waals surface area contributed by atoms with Crippen LogP contribution in [0.4, 0.5) is 5.82 Å². The molecule has 27 heavy (non-hydrogen) atoms. The van der Waals surface area contributed by atoms with Gasteiger partial charge in [-0.2, -0.15) is 0 Å². The van der Waals surface area contributed by atoms with Crippen molar-refractivity contribution in [3.63, 3.8) is 0 Å². The van der Waals surface area contributed by atoms with Gasteiger partial charge in [0, 0.05) is 0 Å². The van der Waals surface area contributed by atoms with Gasteiger partial charge in [0.05, 0.1) is 0 Å². The first-order valence-corrected chi connectivity index (χ1v) is 12.6. The molecule has 2 heterocycles. The van der Waals surface area contributed by atoms with E-state index in [4.69, 9.17) is 5.73 Å². The monoisotopic (exact) mass is 442 g/mol. The van der Waals surface area contributed by atoms with Gasteiger partial charge in [0.25, 0.3) is 0 Å². The minimum atomic E-state index is -1.83. The first kappa shape index (κ1) is 18.1. The molecular weight excluding hydrogens is 422 g/mol. The van der Waals surface area contributed by atoms with Crippen molar-refractivity contribution < 1.29 is 0 Å². The van der Waals surface area contributed by atoms with Crippen molar-refractivity contribution in [3.05, 3.63) is 73.3 Å². The number of nitrogens with one attached hydrogen (secondary N) is 1. The van der Waals surface area contributed by atoms with Gasteiger partial charge in [-0.15, -0.1) is 0 Å². The summed E-state index contributed by atoms with van der Waals surface area (Å²) >= 11 is 3.48. The topological polar surface area (TPSA) is 81.7 Å². The molecule has 0 radical (unpaired) electrons. The second kappa shape index (κ2) is 7.75. The summed E-state index contributed by atoms with van der Waals surface area (Å²) in [6.07, 6.45) is 3.24. The van der Waals surface area contributed by atoms with Gasteiger partial charge in [0.2, 0.25) is 0 Å². The van der Waals surface area contributed by atoms with E-state index in [9.17, 15) is 0 Å². The molecule has 0 aliphatic carbocycles. The minimum absolute atomic E-state index is 0.408. The van der Waals surface area contributed by atoms with E-state index in [1.54, 1.807) is 6.33 Å². The van der Waals surface area contributed by atoms with Crippen molar-refractivity contribution in [1.82, 2.24) is 24.6 Å². The maximum atomic E-state index is 5.88. The molecule has 6 nitrogen and oxygen atoms in total.